The summed E-state index contributed by atoms with van der Waals surface area (Å²) < 4.78 is 45.0. The second kappa shape index (κ2) is 5.19. The molecule has 22 heavy (non-hydrogen) atoms. The van der Waals surface area contributed by atoms with Crippen LogP contribution >= 0.6 is 0 Å². The Bertz CT molecular complexity index is 572. The fraction of sp³-hybridized carbons (Fsp3) is 0.643. The molecular weight excluding hydrogens is 299 g/mol. The van der Waals surface area contributed by atoms with Gasteiger partial charge in [0, 0.05) is 6.54 Å². The van der Waals surface area contributed by atoms with Crippen molar-refractivity contribution >= 4 is 5.91 Å². The highest BCUT2D eigenvalue weighted by molar-refractivity contribution is 5.92. The van der Waals surface area contributed by atoms with Gasteiger partial charge in [0.05, 0.1) is 17.8 Å². The predicted octanol–water partition coefficient (Wildman–Crippen LogP) is 2.36. The van der Waals surface area contributed by atoms with Crippen LogP contribution in [0.15, 0.2) is 12.1 Å². The van der Waals surface area contributed by atoms with Crippen molar-refractivity contribution in [1.82, 2.24) is 15.1 Å². The van der Waals surface area contributed by atoms with E-state index in [1.54, 1.807) is 13.0 Å². The van der Waals surface area contributed by atoms with Crippen molar-refractivity contribution in [3.05, 3.63) is 23.5 Å². The molecule has 0 aliphatic carbocycles. The number of morpholine rings is 1. The summed E-state index contributed by atoms with van der Waals surface area (Å²) in [5, 5.41) is 7.51. The van der Waals surface area contributed by atoms with E-state index in [1.165, 1.54) is 19.9 Å². The predicted molar refractivity (Wildman–Crippen MR) is 72.3 cm³/mol. The van der Waals surface area contributed by atoms with Gasteiger partial charge in [-0.1, -0.05) is 0 Å². The molecule has 1 aromatic heterocycles. The smallest absolute Gasteiger partial charge is 0.356 e. The highest BCUT2D eigenvalue weighted by Crippen LogP contribution is 2.40. The van der Waals surface area contributed by atoms with E-state index in [-0.39, 0.29) is 12.2 Å². The zero-order chi connectivity index (χ0) is 16.8. The third kappa shape index (κ3) is 3.21. The van der Waals surface area contributed by atoms with E-state index >= 15 is 0 Å². The van der Waals surface area contributed by atoms with Crippen LogP contribution in [0.4, 0.5) is 13.2 Å². The van der Waals surface area contributed by atoms with Crippen LogP contribution in [-0.4, -0.2) is 51.5 Å². The van der Waals surface area contributed by atoms with Gasteiger partial charge in [0.1, 0.15) is 0 Å². The number of aromatic nitrogens is 2. The molecule has 0 radical (unpaired) electrons. The average Bonchev–Trinajstić information content (AvgIpc) is 2.35. The van der Waals surface area contributed by atoms with Crippen LogP contribution < -0.4 is 0 Å². The highest BCUT2D eigenvalue weighted by Gasteiger charge is 2.58. The Morgan fingerprint density at radius 1 is 1.23 bits per heavy atom. The molecule has 1 fully saturated rings. The maximum Gasteiger partial charge on any atom is 0.418 e. The first-order valence-corrected chi connectivity index (χ1v) is 6.80. The zero-order valence-corrected chi connectivity index (χ0v) is 12.9. The Hall–Kier alpha value is -1.70. The summed E-state index contributed by atoms with van der Waals surface area (Å²) in [4.78, 5) is 13.5. The van der Waals surface area contributed by atoms with Gasteiger partial charge in [-0.15, -0.1) is 5.10 Å². The third-order valence-electron chi connectivity index (χ3n) is 3.47. The van der Waals surface area contributed by atoms with E-state index < -0.39 is 29.8 Å². The molecule has 0 N–H and O–H groups in total. The lowest BCUT2D eigenvalue weighted by atomic mass is 9.96. The highest BCUT2D eigenvalue weighted by atomic mass is 19.4. The first kappa shape index (κ1) is 16.7. The van der Waals surface area contributed by atoms with Crippen molar-refractivity contribution in [2.75, 3.05) is 13.1 Å². The number of rotatable bonds is 1. The van der Waals surface area contributed by atoms with E-state index in [0.717, 1.165) is 11.8 Å². The number of ether oxygens (including phenoxy) is 1. The summed E-state index contributed by atoms with van der Waals surface area (Å²) in [6.45, 7) is 5.19. The van der Waals surface area contributed by atoms with Gasteiger partial charge in [-0.3, -0.25) is 4.79 Å². The fourth-order valence-electron chi connectivity index (χ4n) is 2.52. The normalized spacial score (nSPS) is 25.1. The molecule has 1 amide bonds. The van der Waals surface area contributed by atoms with Crippen LogP contribution in [0.25, 0.3) is 0 Å². The minimum atomic E-state index is -4.58. The summed E-state index contributed by atoms with van der Waals surface area (Å²) in [5.74, 6) is -0.584. The molecule has 1 saturated heterocycles. The maximum absolute atomic E-state index is 13.3. The van der Waals surface area contributed by atoms with Crippen molar-refractivity contribution in [1.29, 1.82) is 0 Å². The number of aryl methyl sites for hydroxylation is 1. The zero-order valence-electron chi connectivity index (χ0n) is 12.9. The van der Waals surface area contributed by atoms with E-state index in [0.29, 0.717) is 5.69 Å². The summed E-state index contributed by atoms with van der Waals surface area (Å²) >= 11 is 0. The van der Waals surface area contributed by atoms with E-state index in [2.05, 4.69) is 10.2 Å². The molecule has 0 unspecified atom stereocenters. The molecule has 0 spiro atoms. The van der Waals surface area contributed by atoms with Crippen molar-refractivity contribution in [2.45, 2.75) is 45.1 Å². The molecule has 1 aliphatic heterocycles. The Morgan fingerprint density at radius 2 is 1.86 bits per heavy atom. The Labute approximate surface area is 126 Å². The largest absolute Gasteiger partial charge is 0.418 e. The Balaban J connectivity index is 2.30. The minimum Gasteiger partial charge on any atom is -0.356 e. The van der Waals surface area contributed by atoms with Gasteiger partial charge < -0.3 is 9.64 Å². The molecule has 2 heterocycles. The molecule has 8 heteroatoms. The van der Waals surface area contributed by atoms with Crippen molar-refractivity contribution in [2.24, 2.45) is 0 Å². The van der Waals surface area contributed by atoms with E-state index in [1.807, 2.05) is 0 Å². The van der Waals surface area contributed by atoms with Crippen LogP contribution in [0.1, 0.15) is 37.0 Å². The van der Waals surface area contributed by atoms with Gasteiger partial charge in [0.2, 0.25) is 0 Å². The number of hydrogen-bond acceptors (Lipinski definition) is 4. The van der Waals surface area contributed by atoms with Crippen LogP contribution in [0.2, 0.25) is 0 Å². The Morgan fingerprint density at radius 3 is 2.36 bits per heavy atom. The monoisotopic (exact) mass is 317 g/mol. The molecule has 0 aromatic carbocycles. The maximum atomic E-state index is 13.3. The molecule has 0 saturated carbocycles. The van der Waals surface area contributed by atoms with Gasteiger partial charge in [-0.05, 0) is 39.8 Å². The molecule has 2 rings (SSSR count). The number of hydrogen-bond donors (Lipinski definition) is 0. The number of alkyl halides is 3. The lowest BCUT2D eigenvalue weighted by Gasteiger charge is -2.48. The van der Waals surface area contributed by atoms with Crippen LogP contribution in [0.3, 0.4) is 0 Å². The topological polar surface area (TPSA) is 55.3 Å². The van der Waals surface area contributed by atoms with Gasteiger partial charge in [0.25, 0.3) is 5.91 Å². The van der Waals surface area contributed by atoms with Crippen molar-refractivity contribution in [3.8, 4) is 0 Å². The number of amides is 1. The first-order chi connectivity index (χ1) is 9.94. The first-order valence-electron chi connectivity index (χ1n) is 6.80. The summed E-state index contributed by atoms with van der Waals surface area (Å²) in [5.41, 5.74) is -2.88. The molecule has 122 valence electrons. The number of nitrogens with zero attached hydrogens (tertiary/aromatic N) is 3. The van der Waals surface area contributed by atoms with Gasteiger partial charge in [0.15, 0.2) is 11.3 Å². The minimum absolute atomic E-state index is 0.0211. The second-order valence-electron chi connectivity index (χ2n) is 6.31. The van der Waals surface area contributed by atoms with Gasteiger partial charge >= 0.3 is 6.18 Å². The number of carbonyl (C=O) groups excluding carboxylic acids is 1. The molecule has 1 aliphatic rings. The van der Waals surface area contributed by atoms with E-state index in [9.17, 15) is 18.0 Å². The van der Waals surface area contributed by atoms with Crippen LogP contribution in [0, 0.1) is 6.92 Å². The standard InChI is InChI=1S/C14H18F3N3O2/c1-9-5-6-10(19-18-9)11(21)20-7-12(2,3)22-13(4,8-20)14(15,16)17/h5-6H,7-8H2,1-4H3/t13-/m1/s1. The van der Waals surface area contributed by atoms with Crippen molar-refractivity contribution in [3.63, 3.8) is 0 Å². The summed E-state index contributed by atoms with van der Waals surface area (Å²) in [6.07, 6.45) is -4.58. The lowest BCUT2D eigenvalue weighted by Crippen LogP contribution is -2.65. The lowest BCUT2D eigenvalue weighted by molar-refractivity contribution is -0.318. The van der Waals surface area contributed by atoms with E-state index in [4.69, 9.17) is 4.74 Å². The SMILES string of the molecule is Cc1ccc(C(=O)N2CC(C)(C)O[C@@](C)(C(F)(F)F)C2)nn1. The molecular formula is C14H18F3N3O2. The third-order valence-corrected chi connectivity index (χ3v) is 3.47. The van der Waals surface area contributed by atoms with Crippen LogP contribution in [0.5, 0.6) is 0 Å². The van der Waals surface area contributed by atoms with Crippen LogP contribution in [-0.2, 0) is 4.74 Å². The molecule has 1 atom stereocenters. The summed E-state index contributed by atoms with van der Waals surface area (Å²) in [7, 11) is 0. The van der Waals surface area contributed by atoms with Crippen molar-refractivity contribution < 1.29 is 22.7 Å². The fourth-order valence-corrected chi connectivity index (χ4v) is 2.52. The quantitative estimate of drug-likeness (QED) is 0.798. The average molecular weight is 317 g/mol. The Kier molecular flexibility index (Phi) is 3.93. The second-order valence-corrected chi connectivity index (χ2v) is 6.31. The molecule has 1 aromatic rings. The summed E-state index contributed by atoms with van der Waals surface area (Å²) in [6, 6.07) is 3.05. The van der Waals surface area contributed by atoms with Gasteiger partial charge in [-0.25, -0.2) is 0 Å². The van der Waals surface area contributed by atoms with Gasteiger partial charge in [-0.2, -0.15) is 18.3 Å². The number of carbonyl (C=O) groups is 1. The molecule has 5 nitrogen and oxygen atoms in total. The number of halogens is 3. The molecule has 0 bridgehead atoms.